The summed E-state index contributed by atoms with van der Waals surface area (Å²) in [5.41, 5.74) is 4.54. The number of nitrogens with zero attached hydrogens (tertiary/aromatic N) is 3. The zero-order valence-corrected chi connectivity index (χ0v) is 23.7. The molecule has 40 heavy (non-hydrogen) atoms. The third-order valence-electron chi connectivity index (χ3n) is 6.58. The number of benzene rings is 1. The Labute approximate surface area is 237 Å². The van der Waals surface area contributed by atoms with Crippen molar-refractivity contribution in [1.82, 2.24) is 15.4 Å². The Bertz CT molecular complexity index is 1570. The normalized spacial score (nSPS) is 19.3. The molecule has 2 aliphatic rings. The van der Waals surface area contributed by atoms with E-state index in [4.69, 9.17) is 19.2 Å². The number of methoxy groups -OCH3 is 2. The lowest BCUT2D eigenvalue weighted by molar-refractivity contribution is -0.150. The van der Waals surface area contributed by atoms with Crippen LogP contribution in [0.2, 0.25) is 0 Å². The maximum Gasteiger partial charge on any atom is 0.345 e. The van der Waals surface area contributed by atoms with Gasteiger partial charge in [0, 0.05) is 4.88 Å². The van der Waals surface area contributed by atoms with Crippen LogP contribution < -0.4 is 16.0 Å². The lowest BCUT2D eigenvalue weighted by Crippen LogP contribution is -2.55. The quantitative estimate of drug-likeness (QED) is 0.310. The van der Waals surface area contributed by atoms with E-state index in [1.165, 1.54) is 30.6 Å². The monoisotopic (exact) mass is 585 g/mol. The standard InChI is InChI=1S/C26H27N5O7S2/c1-4-38-22(34)14-9-11-15(12-10-14)27-25-30-31(26(40-25,23(35)37-3)13-18(32)36-2)24-28-20(33)19-16-7-5-6-8-17(16)39-21(19)29-24/h9-12H,4-8,13H2,1-3H3,(H,27,30)(H,28,29,33). The summed E-state index contributed by atoms with van der Waals surface area (Å²) in [6.45, 7) is 1.98. The van der Waals surface area contributed by atoms with Crippen molar-refractivity contribution in [2.24, 2.45) is 4.99 Å². The number of aryl methyl sites for hydroxylation is 2. The average molecular weight is 586 g/mol. The summed E-state index contributed by atoms with van der Waals surface area (Å²) < 4.78 is 15.0. The summed E-state index contributed by atoms with van der Waals surface area (Å²) in [4.78, 5) is 63.1. The molecule has 1 unspecified atom stereocenters. The number of H-pyrrole nitrogens is 1. The Hall–Kier alpha value is -3.91. The fourth-order valence-corrected chi connectivity index (χ4v) is 7.14. The zero-order chi connectivity index (χ0) is 28.4. The Balaban J connectivity index is 1.58. The van der Waals surface area contributed by atoms with E-state index in [-0.39, 0.29) is 23.3 Å². The van der Waals surface area contributed by atoms with E-state index in [1.54, 1.807) is 31.2 Å². The topological polar surface area (TPSA) is 152 Å². The number of hydrogen-bond acceptors (Lipinski definition) is 12. The molecule has 3 heterocycles. The first-order valence-electron chi connectivity index (χ1n) is 12.6. The third kappa shape index (κ3) is 5.04. The summed E-state index contributed by atoms with van der Waals surface area (Å²) in [6.07, 6.45) is 3.34. The smallest absolute Gasteiger partial charge is 0.345 e. The largest absolute Gasteiger partial charge is 0.469 e. The fourth-order valence-electron chi connectivity index (χ4n) is 4.70. The predicted octanol–water partition coefficient (Wildman–Crippen LogP) is 3.22. The molecular formula is C26H27N5O7S2. The summed E-state index contributed by atoms with van der Waals surface area (Å²) >= 11 is 2.39. The fraction of sp³-hybridized carbons (Fsp3) is 0.385. The predicted molar refractivity (Wildman–Crippen MR) is 151 cm³/mol. The highest BCUT2D eigenvalue weighted by Crippen LogP contribution is 2.42. The molecule has 2 aromatic heterocycles. The number of thioether (sulfide) groups is 1. The Kier molecular flexibility index (Phi) is 7.81. The Morgan fingerprint density at radius 2 is 1.88 bits per heavy atom. The number of aliphatic imine (C=N–C) groups is 1. The SMILES string of the molecule is CCOC(=O)c1ccc(N=C2NN(c3nc4sc5c(c4c(=O)[nH]3)CCCC5)C(CC(=O)OC)(C(=O)OC)S2)cc1. The van der Waals surface area contributed by atoms with Gasteiger partial charge in [-0.1, -0.05) is 0 Å². The summed E-state index contributed by atoms with van der Waals surface area (Å²) in [7, 11) is 2.42. The van der Waals surface area contributed by atoms with Gasteiger partial charge in [-0.25, -0.2) is 24.6 Å². The molecule has 0 bridgehead atoms. The van der Waals surface area contributed by atoms with E-state index < -0.39 is 29.2 Å². The van der Waals surface area contributed by atoms with Crippen LogP contribution in [-0.2, 0) is 36.6 Å². The van der Waals surface area contributed by atoms with E-state index in [9.17, 15) is 19.2 Å². The second-order valence-electron chi connectivity index (χ2n) is 9.04. The van der Waals surface area contributed by atoms with Crippen molar-refractivity contribution in [1.29, 1.82) is 0 Å². The van der Waals surface area contributed by atoms with Crippen LogP contribution in [0.5, 0.6) is 0 Å². The molecule has 0 radical (unpaired) electrons. The molecule has 0 amide bonds. The lowest BCUT2D eigenvalue weighted by atomic mass is 9.97. The summed E-state index contributed by atoms with van der Waals surface area (Å²) in [5.74, 6) is -1.88. The van der Waals surface area contributed by atoms with Crippen molar-refractivity contribution in [2.75, 3.05) is 25.8 Å². The van der Waals surface area contributed by atoms with Gasteiger partial charge in [0.2, 0.25) is 10.8 Å². The first-order valence-corrected chi connectivity index (χ1v) is 14.2. The average Bonchev–Trinajstić information content (AvgIpc) is 3.51. The number of nitrogens with one attached hydrogen (secondary N) is 2. The molecule has 1 aromatic carbocycles. The molecule has 1 fully saturated rings. The van der Waals surface area contributed by atoms with E-state index >= 15 is 0 Å². The van der Waals surface area contributed by atoms with Crippen LogP contribution in [-0.4, -0.2) is 58.7 Å². The summed E-state index contributed by atoms with van der Waals surface area (Å²) in [5, 5.41) is 2.08. The lowest BCUT2D eigenvalue weighted by Gasteiger charge is -2.32. The maximum atomic E-state index is 13.3. The number of fused-ring (bicyclic) bond motifs is 3. The van der Waals surface area contributed by atoms with Crippen LogP contribution in [0.1, 0.15) is 47.0 Å². The maximum absolute atomic E-state index is 13.3. The van der Waals surface area contributed by atoms with Crippen LogP contribution in [0.15, 0.2) is 34.1 Å². The van der Waals surface area contributed by atoms with Gasteiger partial charge in [-0.05, 0) is 74.2 Å². The van der Waals surface area contributed by atoms with Crippen molar-refractivity contribution in [2.45, 2.75) is 43.9 Å². The second kappa shape index (κ2) is 11.3. The molecule has 5 rings (SSSR count). The number of amidine groups is 1. The van der Waals surface area contributed by atoms with Gasteiger partial charge in [-0.2, -0.15) is 0 Å². The van der Waals surface area contributed by atoms with Gasteiger partial charge in [0.1, 0.15) is 4.83 Å². The number of hydrogen-bond donors (Lipinski definition) is 2. The molecule has 1 atom stereocenters. The van der Waals surface area contributed by atoms with Crippen LogP contribution in [0, 0.1) is 0 Å². The summed E-state index contributed by atoms with van der Waals surface area (Å²) in [6, 6.07) is 6.38. The third-order valence-corrected chi connectivity index (χ3v) is 8.98. The first kappa shape index (κ1) is 27.6. The number of ether oxygens (including phenoxy) is 3. The van der Waals surface area contributed by atoms with E-state index in [1.807, 2.05) is 0 Å². The van der Waals surface area contributed by atoms with Gasteiger partial charge < -0.3 is 14.2 Å². The minimum absolute atomic E-state index is 0.0285. The van der Waals surface area contributed by atoms with Gasteiger partial charge in [-0.15, -0.1) is 11.3 Å². The number of carbonyl (C=O) groups is 3. The number of carbonyl (C=O) groups excluding carboxylic acids is 3. The molecule has 210 valence electrons. The zero-order valence-electron chi connectivity index (χ0n) is 22.1. The number of esters is 3. The van der Waals surface area contributed by atoms with Crippen molar-refractivity contribution in [3.05, 3.63) is 50.6 Å². The Morgan fingerprint density at radius 1 is 1.12 bits per heavy atom. The molecule has 0 spiro atoms. The van der Waals surface area contributed by atoms with Gasteiger partial charge in [0.25, 0.3) is 5.56 Å². The van der Waals surface area contributed by atoms with E-state index in [2.05, 4.69) is 15.4 Å². The molecule has 0 saturated carbocycles. The molecule has 3 aromatic rings. The molecule has 12 nitrogen and oxygen atoms in total. The molecular weight excluding hydrogens is 558 g/mol. The van der Waals surface area contributed by atoms with Crippen LogP contribution in [0.3, 0.4) is 0 Å². The Morgan fingerprint density at radius 3 is 2.58 bits per heavy atom. The molecule has 14 heteroatoms. The highest BCUT2D eigenvalue weighted by atomic mass is 32.2. The molecule has 1 aliphatic carbocycles. The van der Waals surface area contributed by atoms with Crippen LogP contribution in [0.25, 0.3) is 10.2 Å². The van der Waals surface area contributed by atoms with Crippen molar-refractivity contribution in [3.8, 4) is 0 Å². The van der Waals surface area contributed by atoms with E-state index in [0.29, 0.717) is 21.5 Å². The minimum Gasteiger partial charge on any atom is -0.469 e. The number of aromatic amines is 1. The van der Waals surface area contributed by atoms with Gasteiger partial charge in [0.05, 0.1) is 43.9 Å². The highest BCUT2D eigenvalue weighted by Gasteiger charge is 2.56. The van der Waals surface area contributed by atoms with Crippen LogP contribution in [0.4, 0.5) is 11.6 Å². The number of aromatic nitrogens is 2. The molecule has 1 saturated heterocycles. The number of rotatable bonds is 7. The van der Waals surface area contributed by atoms with Crippen molar-refractivity contribution >= 4 is 68.0 Å². The van der Waals surface area contributed by atoms with Gasteiger partial charge in [-0.3, -0.25) is 20.0 Å². The highest BCUT2D eigenvalue weighted by molar-refractivity contribution is 8.16. The van der Waals surface area contributed by atoms with Gasteiger partial charge >= 0.3 is 17.9 Å². The molecule has 2 N–H and O–H groups in total. The second-order valence-corrected chi connectivity index (χ2v) is 11.4. The van der Waals surface area contributed by atoms with Crippen LogP contribution >= 0.6 is 23.1 Å². The first-order chi connectivity index (χ1) is 19.3. The number of hydrazine groups is 1. The van der Waals surface area contributed by atoms with Crippen molar-refractivity contribution in [3.63, 3.8) is 0 Å². The van der Waals surface area contributed by atoms with E-state index in [0.717, 1.165) is 47.9 Å². The minimum atomic E-state index is -1.73. The molecule has 1 aliphatic heterocycles. The number of thiophene rings is 1. The van der Waals surface area contributed by atoms with Crippen molar-refractivity contribution < 1.29 is 28.6 Å². The number of anilines is 1. The van der Waals surface area contributed by atoms with Gasteiger partial charge in [0.15, 0.2) is 5.17 Å².